The van der Waals surface area contributed by atoms with E-state index >= 15 is 0 Å². The molecule has 7 nitrogen and oxygen atoms in total. The van der Waals surface area contributed by atoms with Crippen LogP contribution in [0.5, 0.6) is 5.75 Å². The zero-order chi connectivity index (χ0) is 16.2. The van der Waals surface area contributed by atoms with Crippen LogP contribution in [0, 0.1) is 13.8 Å². The lowest BCUT2D eigenvalue weighted by molar-refractivity contribution is 0.475. The third-order valence-electron chi connectivity index (χ3n) is 3.17. The van der Waals surface area contributed by atoms with E-state index in [0.29, 0.717) is 11.6 Å². The molecule has 0 radical (unpaired) electrons. The van der Waals surface area contributed by atoms with Crippen molar-refractivity contribution in [1.29, 1.82) is 0 Å². The molecular formula is C16H16N6O. The van der Waals surface area contributed by atoms with E-state index in [2.05, 4.69) is 25.6 Å². The smallest absolute Gasteiger partial charge is 0.159 e. The molecule has 0 spiro atoms. The Labute approximate surface area is 133 Å². The van der Waals surface area contributed by atoms with Crippen molar-refractivity contribution in [1.82, 2.24) is 19.7 Å². The molecule has 1 aromatic carbocycles. The molecule has 3 aromatic rings. The van der Waals surface area contributed by atoms with Gasteiger partial charge in [0, 0.05) is 11.8 Å². The first-order valence-corrected chi connectivity index (χ1v) is 7.05. The zero-order valence-electron chi connectivity index (χ0n) is 12.8. The molecule has 2 N–H and O–H groups in total. The fraction of sp³-hybridized carbons (Fsp3) is 0.125. The molecule has 116 valence electrons. The highest BCUT2D eigenvalue weighted by molar-refractivity contribution is 5.80. The summed E-state index contributed by atoms with van der Waals surface area (Å²) < 4.78 is 1.76. The number of nitrogens with one attached hydrogen (secondary N) is 1. The van der Waals surface area contributed by atoms with Gasteiger partial charge >= 0.3 is 0 Å². The lowest BCUT2D eigenvalue weighted by Gasteiger charge is -2.04. The number of rotatable bonds is 4. The highest BCUT2D eigenvalue weighted by atomic mass is 16.3. The summed E-state index contributed by atoms with van der Waals surface area (Å²) in [5.74, 6) is 1.46. The Kier molecular flexibility index (Phi) is 4.01. The van der Waals surface area contributed by atoms with Crippen LogP contribution in [0.3, 0.4) is 0 Å². The Morgan fingerprint density at radius 3 is 2.61 bits per heavy atom. The fourth-order valence-electron chi connectivity index (χ4n) is 2.12. The molecule has 0 aliphatic carbocycles. The maximum atomic E-state index is 9.24. The van der Waals surface area contributed by atoms with E-state index in [1.54, 1.807) is 41.2 Å². The van der Waals surface area contributed by atoms with E-state index in [9.17, 15) is 5.11 Å². The predicted molar refractivity (Wildman–Crippen MR) is 88.0 cm³/mol. The minimum absolute atomic E-state index is 0.223. The van der Waals surface area contributed by atoms with Crippen LogP contribution in [0.4, 0.5) is 5.82 Å². The number of aromatic hydroxyl groups is 1. The summed E-state index contributed by atoms with van der Waals surface area (Å²) in [6, 6.07) is 10.5. The van der Waals surface area contributed by atoms with Gasteiger partial charge in [-0.2, -0.15) is 10.2 Å². The van der Waals surface area contributed by atoms with Crippen molar-refractivity contribution in [2.75, 3.05) is 5.43 Å². The van der Waals surface area contributed by atoms with Gasteiger partial charge in [0.05, 0.1) is 11.9 Å². The second kappa shape index (κ2) is 6.27. The summed E-state index contributed by atoms with van der Waals surface area (Å²) in [4.78, 5) is 8.36. The van der Waals surface area contributed by atoms with Crippen LogP contribution >= 0.6 is 0 Å². The quantitative estimate of drug-likeness (QED) is 0.571. The second-order valence-corrected chi connectivity index (χ2v) is 5.06. The first-order valence-electron chi connectivity index (χ1n) is 7.05. The molecule has 0 fully saturated rings. The average molecular weight is 308 g/mol. The molecule has 0 atom stereocenters. The molecule has 2 heterocycles. The number of hydrazone groups is 1. The van der Waals surface area contributed by atoms with Crippen molar-refractivity contribution in [3.8, 4) is 11.6 Å². The summed E-state index contributed by atoms with van der Waals surface area (Å²) in [7, 11) is 0. The van der Waals surface area contributed by atoms with Crippen LogP contribution in [0.15, 0.2) is 47.8 Å². The van der Waals surface area contributed by atoms with Gasteiger partial charge in [-0.25, -0.2) is 14.6 Å². The van der Waals surface area contributed by atoms with Crippen LogP contribution in [0.1, 0.15) is 17.0 Å². The van der Waals surface area contributed by atoms with Crippen molar-refractivity contribution < 1.29 is 5.11 Å². The third kappa shape index (κ3) is 3.52. The molecule has 0 bridgehead atoms. The summed E-state index contributed by atoms with van der Waals surface area (Å²) in [5.41, 5.74) is 5.65. The Morgan fingerprint density at radius 2 is 1.91 bits per heavy atom. The van der Waals surface area contributed by atoms with Gasteiger partial charge in [0.1, 0.15) is 12.1 Å². The highest BCUT2D eigenvalue weighted by Crippen LogP contribution is 2.12. The van der Waals surface area contributed by atoms with Crippen molar-refractivity contribution >= 4 is 12.0 Å². The van der Waals surface area contributed by atoms with Crippen LogP contribution in [-0.4, -0.2) is 31.1 Å². The van der Waals surface area contributed by atoms with Gasteiger partial charge in [-0.3, -0.25) is 5.43 Å². The summed E-state index contributed by atoms with van der Waals surface area (Å²) >= 11 is 0. The molecule has 0 aliphatic rings. The van der Waals surface area contributed by atoms with Crippen LogP contribution in [0.2, 0.25) is 0 Å². The lowest BCUT2D eigenvalue weighted by atomic mass is 10.2. The summed E-state index contributed by atoms with van der Waals surface area (Å²) in [5, 5.41) is 17.8. The number of benzene rings is 1. The Hall–Kier alpha value is -3.22. The molecule has 23 heavy (non-hydrogen) atoms. The maximum absolute atomic E-state index is 9.24. The van der Waals surface area contributed by atoms with E-state index in [4.69, 9.17) is 0 Å². The van der Waals surface area contributed by atoms with Gasteiger partial charge in [0.25, 0.3) is 0 Å². The number of phenolic OH excluding ortho intramolecular Hbond substituents is 1. The van der Waals surface area contributed by atoms with Gasteiger partial charge < -0.3 is 5.11 Å². The summed E-state index contributed by atoms with van der Waals surface area (Å²) in [6.45, 7) is 3.91. The highest BCUT2D eigenvalue weighted by Gasteiger charge is 2.06. The maximum Gasteiger partial charge on any atom is 0.159 e. The van der Waals surface area contributed by atoms with E-state index < -0.39 is 0 Å². The van der Waals surface area contributed by atoms with Gasteiger partial charge in [0.15, 0.2) is 11.6 Å². The fourth-order valence-corrected chi connectivity index (χ4v) is 2.12. The average Bonchev–Trinajstić information content (AvgIpc) is 2.88. The van der Waals surface area contributed by atoms with E-state index in [1.165, 1.54) is 6.33 Å². The standard InChI is InChI=1S/C16H16N6O/c1-11-7-12(2)22(21-11)16-8-15(17-10-18-16)20-19-9-13-3-5-14(23)6-4-13/h3-10,23H,1-2H3,(H,17,18,20). The van der Waals surface area contributed by atoms with E-state index in [-0.39, 0.29) is 5.75 Å². The Balaban J connectivity index is 1.75. The molecular weight excluding hydrogens is 292 g/mol. The molecule has 7 heteroatoms. The monoisotopic (exact) mass is 308 g/mol. The predicted octanol–water partition coefficient (Wildman–Crippen LogP) is 2.43. The van der Waals surface area contributed by atoms with Crippen LogP contribution in [0.25, 0.3) is 5.82 Å². The summed E-state index contributed by atoms with van der Waals surface area (Å²) in [6.07, 6.45) is 3.11. The minimum atomic E-state index is 0.223. The topological polar surface area (TPSA) is 88.2 Å². The molecule has 0 saturated heterocycles. The molecule has 0 unspecified atom stereocenters. The zero-order valence-corrected chi connectivity index (χ0v) is 12.8. The first-order chi connectivity index (χ1) is 11.1. The number of phenols is 1. The third-order valence-corrected chi connectivity index (χ3v) is 3.17. The largest absolute Gasteiger partial charge is 0.508 e. The number of aryl methyl sites for hydroxylation is 2. The molecule has 2 aromatic heterocycles. The second-order valence-electron chi connectivity index (χ2n) is 5.06. The van der Waals surface area contributed by atoms with Crippen molar-refractivity contribution in [3.63, 3.8) is 0 Å². The lowest BCUT2D eigenvalue weighted by Crippen LogP contribution is -2.04. The minimum Gasteiger partial charge on any atom is -0.508 e. The van der Waals surface area contributed by atoms with Crippen LogP contribution in [-0.2, 0) is 0 Å². The van der Waals surface area contributed by atoms with E-state index in [0.717, 1.165) is 17.0 Å². The SMILES string of the molecule is Cc1cc(C)n(-c2cc(NN=Cc3ccc(O)cc3)ncn2)n1. The van der Waals surface area contributed by atoms with Crippen molar-refractivity contribution in [2.45, 2.75) is 13.8 Å². The number of aromatic nitrogens is 4. The van der Waals surface area contributed by atoms with E-state index in [1.807, 2.05) is 19.9 Å². The van der Waals surface area contributed by atoms with Gasteiger partial charge in [0.2, 0.25) is 0 Å². The Bertz CT molecular complexity index is 838. The molecule has 0 aliphatic heterocycles. The number of hydrogen-bond acceptors (Lipinski definition) is 6. The van der Waals surface area contributed by atoms with Gasteiger partial charge in [-0.1, -0.05) is 0 Å². The van der Waals surface area contributed by atoms with Crippen LogP contribution < -0.4 is 5.43 Å². The van der Waals surface area contributed by atoms with Crippen molar-refractivity contribution in [2.24, 2.45) is 5.10 Å². The molecule has 0 saturated carbocycles. The van der Waals surface area contributed by atoms with Crippen molar-refractivity contribution in [3.05, 3.63) is 59.7 Å². The Morgan fingerprint density at radius 1 is 1.13 bits per heavy atom. The first kappa shape index (κ1) is 14.7. The molecule has 3 rings (SSSR count). The normalized spacial score (nSPS) is 11.0. The van der Waals surface area contributed by atoms with Gasteiger partial charge in [-0.05, 0) is 49.7 Å². The number of anilines is 1. The number of nitrogens with zero attached hydrogens (tertiary/aromatic N) is 5. The number of hydrogen-bond donors (Lipinski definition) is 2. The molecule has 0 amide bonds. The van der Waals surface area contributed by atoms with Gasteiger partial charge in [-0.15, -0.1) is 0 Å².